The Balaban J connectivity index is 0.00000464. The summed E-state index contributed by atoms with van der Waals surface area (Å²) in [5.74, 6) is 0.307. The van der Waals surface area contributed by atoms with E-state index >= 15 is 0 Å². The van der Waals surface area contributed by atoms with Crippen LogP contribution in [0.4, 0.5) is 0 Å². The van der Waals surface area contributed by atoms with Crippen LogP contribution in [0.3, 0.4) is 0 Å². The van der Waals surface area contributed by atoms with Crippen molar-refractivity contribution < 1.29 is 26.2 Å². The van der Waals surface area contributed by atoms with Gasteiger partial charge in [-0.05, 0) is 75.1 Å². The number of aromatic nitrogens is 2. The molecule has 0 aliphatic rings. The molecule has 0 spiro atoms. The number of phenolic OH excluding ortho intramolecular Hbond substituents is 1. The summed E-state index contributed by atoms with van der Waals surface area (Å²) in [6.07, 6.45) is 1.91. The van der Waals surface area contributed by atoms with E-state index in [4.69, 9.17) is 9.97 Å². The zero-order chi connectivity index (χ0) is 36.5. The van der Waals surface area contributed by atoms with Crippen LogP contribution >= 0.6 is 11.3 Å². The SMILES string of the molecule is Cc1ccnc2c(-c3[c-]c(-c4nc5c(-c6cc(-c7ccccc7)cc(C(C)(C)C)c6O)cccc5s4)cc(C(C)(C)C)c3)cc(C(C)(C)C)cc12.[Pt]. The van der Waals surface area contributed by atoms with Gasteiger partial charge in [-0.15, -0.1) is 29.3 Å². The summed E-state index contributed by atoms with van der Waals surface area (Å²) in [6.45, 7) is 22.2. The molecule has 0 amide bonds. The fraction of sp³-hybridized carbons (Fsp3) is 0.277. The number of rotatable bonds is 4. The molecule has 0 saturated heterocycles. The van der Waals surface area contributed by atoms with Crippen LogP contribution in [-0.4, -0.2) is 15.1 Å². The topological polar surface area (TPSA) is 46.0 Å². The summed E-state index contributed by atoms with van der Waals surface area (Å²) >= 11 is 1.67. The van der Waals surface area contributed by atoms with Crippen molar-refractivity contribution in [3.63, 3.8) is 0 Å². The third-order valence-corrected chi connectivity index (χ3v) is 11.0. The van der Waals surface area contributed by atoms with Crippen molar-refractivity contribution in [2.45, 2.75) is 85.5 Å². The number of fused-ring (bicyclic) bond motifs is 2. The van der Waals surface area contributed by atoms with Gasteiger partial charge in [0, 0.05) is 54.2 Å². The second kappa shape index (κ2) is 13.7. The number of para-hydroxylation sites is 1. The Hall–Kier alpha value is -4.11. The van der Waals surface area contributed by atoms with E-state index in [1.54, 1.807) is 11.3 Å². The zero-order valence-corrected chi connectivity index (χ0v) is 34.9. The van der Waals surface area contributed by atoms with Crippen molar-refractivity contribution in [1.29, 1.82) is 0 Å². The maximum atomic E-state index is 11.9. The van der Waals surface area contributed by atoms with Crippen molar-refractivity contribution in [3.05, 3.63) is 126 Å². The first-order valence-electron chi connectivity index (χ1n) is 17.8. The van der Waals surface area contributed by atoms with Gasteiger partial charge in [-0.2, -0.15) is 11.3 Å². The Kier molecular flexibility index (Phi) is 9.92. The van der Waals surface area contributed by atoms with Crippen LogP contribution < -0.4 is 0 Å². The van der Waals surface area contributed by atoms with Crippen molar-refractivity contribution in [1.82, 2.24) is 9.97 Å². The van der Waals surface area contributed by atoms with Gasteiger partial charge in [-0.3, -0.25) is 9.97 Å². The summed E-state index contributed by atoms with van der Waals surface area (Å²) in [6, 6.07) is 36.0. The second-order valence-corrected chi connectivity index (χ2v) is 18.0. The number of hydrogen-bond donors (Lipinski definition) is 1. The van der Waals surface area contributed by atoms with Crippen LogP contribution in [-0.2, 0) is 37.3 Å². The van der Waals surface area contributed by atoms with Gasteiger partial charge < -0.3 is 5.11 Å². The molecule has 52 heavy (non-hydrogen) atoms. The first-order valence-corrected chi connectivity index (χ1v) is 18.6. The molecule has 0 bridgehead atoms. The smallest absolute Gasteiger partial charge is 0.127 e. The van der Waals surface area contributed by atoms with Crippen LogP contribution in [0.5, 0.6) is 5.75 Å². The molecule has 2 aromatic heterocycles. The number of phenols is 1. The minimum absolute atomic E-state index is 0. The van der Waals surface area contributed by atoms with E-state index in [0.29, 0.717) is 5.75 Å². The van der Waals surface area contributed by atoms with Crippen LogP contribution in [0, 0.1) is 13.0 Å². The molecule has 0 fully saturated rings. The largest absolute Gasteiger partial charge is 0.507 e. The number of aryl methyl sites for hydroxylation is 1. The number of hydrogen-bond acceptors (Lipinski definition) is 4. The Morgan fingerprint density at radius 2 is 1.29 bits per heavy atom. The third kappa shape index (κ3) is 7.13. The molecule has 268 valence electrons. The summed E-state index contributed by atoms with van der Waals surface area (Å²) in [4.78, 5) is 10.3. The fourth-order valence-corrected chi connectivity index (χ4v) is 7.74. The molecule has 7 aromatic rings. The van der Waals surface area contributed by atoms with Crippen LogP contribution in [0.25, 0.3) is 65.1 Å². The summed E-state index contributed by atoms with van der Waals surface area (Å²) < 4.78 is 1.07. The van der Waals surface area contributed by atoms with Crippen molar-refractivity contribution in [2.75, 3.05) is 0 Å². The Morgan fingerprint density at radius 1 is 0.615 bits per heavy atom. The summed E-state index contributed by atoms with van der Waals surface area (Å²) in [5, 5.41) is 13.9. The minimum Gasteiger partial charge on any atom is -0.507 e. The predicted octanol–water partition coefficient (Wildman–Crippen LogP) is 13.2. The average Bonchev–Trinajstić information content (AvgIpc) is 3.52. The maximum absolute atomic E-state index is 11.9. The van der Waals surface area contributed by atoms with Crippen molar-refractivity contribution in [2.24, 2.45) is 0 Å². The first-order chi connectivity index (χ1) is 24.0. The van der Waals surface area contributed by atoms with E-state index in [-0.39, 0.29) is 37.3 Å². The number of aromatic hydroxyl groups is 1. The van der Waals surface area contributed by atoms with Gasteiger partial charge in [-0.1, -0.05) is 128 Å². The molecule has 5 aromatic carbocycles. The molecule has 0 radical (unpaired) electrons. The first kappa shape index (κ1) is 37.6. The van der Waals surface area contributed by atoms with Gasteiger partial charge in [0.05, 0.1) is 10.5 Å². The van der Waals surface area contributed by atoms with E-state index in [9.17, 15) is 5.11 Å². The van der Waals surface area contributed by atoms with Crippen molar-refractivity contribution >= 4 is 32.5 Å². The quantitative estimate of drug-likeness (QED) is 0.179. The van der Waals surface area contributed by atoms with Crippen LogP contribution in [0.1, 0.15) is 84.6 Å². The molecular weight excluding hydrogens is 836 g/mol. The molecule has 0 unspecified atom stereocenters. The minimum atomic E-state index is -0.259. The molecular formula is C47H47N2OPtS-. The molecule has 0 aliphatic carbocycles. The van der Waals surface area contributed by atoms with Gasteiger partial charge >= 0.3 is 0 Å². The van der Waals surface area contributed by atoms with E-state index < -0.39 is 0 Å². The fourth-order valence-electron chi connectivity index (χ4n) is 6.78. The Labute approximate surface area is 327 Å². The normalized spacial score (nSPS) is 12.3. The van der Waals surface area contributed by atoms with E-state index in [2.05, 4.69) is 160 Å². The van der Waals surface area contributed by atoms with E-state index in [1.807, 2.05) is 12.3 Å². The monoisotopic (exact) mass is 882 g/mol. The van der Waals surface area contributed by atoms with Gasteiger partial charge in [0.1, 0.15) is 5.75 Å². The van der Waals surface area contributed by atoms with Crippen LogP contribution in [0.15, 0.2) is 97.2 Å². The number of benzene rings is 5. The van der Waals surface area contributed by atoms with E-state index in [0.717, 1.165) is 65.2 Å². The molecule has 0 saturated carbocycles. The Bertz CT molecular complexity index is 2440. The summed E-state index contributed by atoms with van der Waals surface area (Å²) in [7, 11) is 0. The number of pyridine rings is 1. The maximum Gasteiger partial charge on any atom is 0.127 e. The van der Waals surface area contributed by atoms with Gasteiger partial charge in [0.25, 0.3) is 0 Å². The Morgan fingerprint density at radius 3 is 1.96 bits per heavy atom. The number of thiazole rings is 1. The third-order valence-electron chi connectivity index (χ3n) is 9.92. The standard InChI is InChI=1S/C47H47N2OS.Pt/c1-28-19-20-48-41-36(28)26-34(46(5,6)7)27-37(41)31-21-32(23-33(22-31)45(2,3)4)44-49-42-35(17-14-18-40(42)51-44)38-24-30(29-15-12-11-13-16-29)25-39(43(38)50)47(8,9)10;/h11-20,22-27,50H,1-10H3;/q-1;. The zero-order valence-electron chi connectivity index (χ0n) is 31.8. The molecule has 5 heteroatoms. The molecule has 7 rings (SSSR count). The molecule has 2 heterocycles. The summed E-state index contributed by atoms with van der Waals surface area (Å²) in [5.41, 5.74) is 13.1. The molecule has 0 aliphatic heterocycles. The molecule has 1 N–H and O–H groups in total. The number of nitrogens with zero attached hydrogens (tertiary/aromatic N) is 2. The van der Waals surface area contributed by atoms with Gasteiger partial charge in [0.15, 0.2) is 0 Å². The van der Waals surface area contributed by atoms with Crippen LogP contribution in [0.2, 0.25) is 0 Å². The average molecular weight is 883 g/mol. The molecule has 3 nitrogen and oxygen atoms in total. The second-order valence-electron chi connectivity index (χ2n) is 17.0. The molecule has 0 atom stereocenters. The van der Waals surface area contributed by atoms with Gasteiger partial charge in [-0.25, -0.2) is 0 Å². The predicted molar refractivity (Wildman–Crippen MR) is 218 cm³/mol. The van der Waals surface area contributed by atoms with Gasteiger partial charge in [0.2, 0.25) is 0 Å². The van der Waals surface area contributed by atoms with Crippen molar-refractivity contribution in [3.8, 4) is 49.7 Å². The van der Waals surface area contributed by atoms with E-state index in [1.165, 1.54) is 22.1 Å².